The number of hydrogen-bond acceptors (Lipinski definition) is 8. The van der Waals surface area contributed by atoms with Gasteiger partial charge in [0.2, 0.25) is 17.7 Å². The summed E-state index contributed by atoms with van der Waals surface area (Å²) in [6.07, 6.45) is -1.40. The van der Waals surface area contributed by atoms with Crippen LogP contribution in [0.2, 0.25) is 0 Å². The maximum Gasteiger partial charge on any atom is 0.574 e. The molecule has 4 heterocycles. The minimum Gasteiger partial charge on any atom is -0.388 e. The Labute approximate surface area is 254 Å². The number of fused-ring (bicyclic) bond motifs is 2. The normalized spacial score (nSPS) is 20.2. The maximum absolute atomic E-state index is 13.9. The number of carbonyl (C=O) groups excluding carboxylic acids is 3. The van der Waals surface area contributed by atoms with Crippen molar-refractivity contribution in [3.8, 4) is 28.8 Å². The predicted octanol–water partition coefficient (Wildman–Crippen LogP) is 4.24. The largest absolute Gasteiger partial charge is 0.574 e. The molecular formula is C31H26F3N7O4. The van der Waals surface area contributed by atoms with Crippen LogP contribution < -0.4 is 10.1 Å². The van der Waals surface area contributed by atoms with E-state index >= 15 is 0 Å². The lowest BCUT2D eigenvalue weighted by Gasteiger charge is -2.34. The number of aryl methyl sites for hydroxylation is 2. The van der Waals surface area contributed by atoms with E-state index in [4.69, 9.17) is 0 Å². The highest BCUT2D eigenvalue weighted by Crippen LogP contribution is 2.45. The number of nitrogens with zero attached hydrogens (tertiary/aromatic N) is 6. The number of pyridine rings is 1. The van der Waals surface area contributed by atoms with Gasteiger partial charge in [0.1, 0.15) is 36.0 Å². The van der Waals surface area contributed by atoms with Gasteiger partial charge in [-0.3, -0.25) is 19.1 Å². The first-order valence-corrected chi connectivity index (χ1v) is 13.9. The van der Waals surface area contributed by atoms with Crippen molar-refractivity contribution in [1.82, 2.24) is 29.6 Å². The quantitative estimate of drug-likeness (QED) is 0.241. The van der Waals surface area contributed by atoms with Gasteiger partial charge in [0.25, 0.3) is 0 Å². The van der Waals surface area contributed by atoms with Gasteiger partial charge < -0.3 is 15.0 Å². The third-order valence-corrected chi connectivity index (χ3v) is 7.94. The van der Waals surface area contributed by atoms with Gasteiger partial charge in [0.05, 0.1) is 10.9 Å². The van der Waals surface area contributed by atoms with Gasteiger partial charge in [-0.25, -0.2) is 9.97 Å². The second kappa shape index (κ2) is 10.7. The van der Waals surface area contributed by atoms with Crippen LogP contribution in [0.25, 0.3) is 22.0 Å². The second-order valence-corrected chi connectivity index (χ2v) is 11.3. The molecule has 0 unspecified atom stereocenters. The SMILES string of the molecule is CC(=O)c1nn(CC(=O)N2[C@H](C(=O)Nc3nc(OC(F)(F)F)ccc3C)C[C@@]3(C)C#C[C@@H]23)c2ccc(-c3cnc(C)nc3)cc12. The number of ether oxygens (including phenoxy) is 1. The van der Waals surface area contributed by atoms with Crippen molar-refractivity contribution < 1.29 is 32.3 Å². The lowest BCUT2D eigenvalue weighted by molar-refractivity contribution is -0.276. The lowest BCUT2D eigenvalue weighted by atomic mass is 9.76. The van der Waals surface area contributed by atoms with Crippen LogP contribution in [0.3, 0.4) is 0 Å². The molecule has 0 radical (unpaired) electrons. The Bertz CT molecular complexity index is 1940. The van der Waals surface area contributed by atoms with E-state index in [1.54, 1.807) is 38.4 Å². The fraction of sp³-hybridized carbons (Fsp3) is 0.323. The number of nitrogens with one attached hydrogen (secondary N) is 1. The molecule has 1 aromatic carbocycles. The van der Waals surface area contributed by atoms with Crippen molar-refractivity contribution in [2.75, 3.05) is 5.32 Å². The molecule has 1 saturated heterocycles. The second-order valence-electron chi connectivity index (χ2n) is 11.3. The van der Waals surface area contributed by atoms with Crippen LogP contribution in [0.4, 0.5) is 19.0 Å². The summed E-state index contributed by atoms with van der Waals surface area (Å²) in [5.41, 5.74) is 1.98. The van der Waals surface area contributed by atoms with Gasteiger partial charge in [0.15, 0.2) is 5.78 Å². The van der Waals surface area contributed by atoms with Crippen LogP contribution in [-0.2, 0) is 16.1 Å². The van der Waals surface area contributed by atoms with Crippen molar-refractivity contribution in [3.63, 3.8) is 0 Å². The molecule has 45 heavy (non-hydrogen) atoms. The monoisotopic (exact) mass is 617 g/mol. The molecule has 1 aliphatic carbocycles. The van der Waals surface area contributed by atoms with Crippen molar-refractivity contribution >= 4 is 34.3 Å². The van der Waals surface area contributed by atoms with Crippen molar-refractivity contribution in [2.45, 2.75) is 59.1 Å². The number of halogens is 3. The molecule has 4 aromatic rings. The highest BCUT2D eigenvalue weighted by Gasteiger charge is 2.56. The van der Waals surface area contributed by atoms with E-state index in [0.717, 1.165) is 17.2 Å². The Morgan fingerprint density at radius 2 is 1.84 bits per heavy atom. The summed E-state index contributed by atoms with van der Waals surface area (Å²) in [5.74, 6) is 4.37. The first kappa shape index (κ1) is 29.7. The number of carbonyl (C=O) groups is 3. The number of likely N-dealkylation sites (tertiary alicyclic amines) is 1. The molecule has 3 atom stereocenters. The average molecular weight is 618 g/mol. The highest BCUT2D eigenvalue weighted by molar-refractivity contribution is 6.06. The van der Waals surface area contributed by atoms with Crippen LogP contribution in [0.15, 0.2) is 42.7 Å². The lowest BCUT2D eigenvalue weighted by Crippen LogP contribution is -2.50. The molecule has 3 aromatic heterocycles. The molecule has 14 heteroatoms. The highest BCUT2D eigenvalue weighted by atomic mass is 19.4. The van der Waals surface area contributed by atoms with Gasteiger partial charge in [-0.15, -0.1) is 13.2 Å². The first-order chi connectivity index (χ1) is 21.2. The van der Waals surface area contributed by atoms with E-state index in [0.29, 0.717) is 22.3 Å². The molecule has 11 nitrogen and oxygen atoms in total. The zero-order valence-corrected chi connectivity index (χ0v) is 24.6. The summed E-state index contributed by atoms with van der Waals surface area (Å²) < 4.78 is 43.6. The Hall–Kier alpha value is -5.32. The average Bonchev–Trinajstić information content (AvgIpc) is 3.42. The molecule has 6 rings (SSSR count). The number of aromatic nitrogens is 5. The van der Waals surface area contributed by atoms with Crippen LogP contribution in [0, 0.1) is 31.1 Å². The van der Waals surface area contributed by atoms with Crippen LogP contribution in [0.1, 0.15) is 42.1 Å². The molecule has 1 fully saturated rings. The third-order valence-electron chi connectivity index (χ3n) is 7.94. The molecular weight excluding hydrogens is 591 g/mol. The van der Waals surface area contributed by atoms with Crippen molar-refractivity contribution in [1.29, 1.82) is 0 Å². The predicted molar refractivity (Wildman–Crippen MR) is 155 cm³/mol. The van der Waals surface area contributed by atoms with E-state index in [1.807, 2.05) is 13.0 Å². The fourth-order valence-electron chi connectivity index (χ4n) is 5.64. The molecule has 1 aliphatic heterocycles. The molecule has 1 N–H and O–H groups in total. The molecule has 2 aliphatic rings. The molecule has 0 bridgehead atoms. The fourth-order valence-corrected chi connectivity index (χ4v) is 5.64. The Morgan fingerprint density at radius 1 is 1.11 bits per heavy atom. The van der Waals surface area contributed by atoms with Crippen LogP contribution in [-0.4, -0.2) is 65.7 Å². The van der Waals surface area contributed by atoms with Gasteiger partial charge >= 0.3 is 6.36 Å². The van der Waals surface area contributed by atoms with Crippen LogP contribution >= 0.6 is 0 Å². The number of alkyl halides is 3. The summed E-state index contributed by atoms with van der Waals surface area (Å²) in [7, 11) is 0. The smallest absolute Gasteiger partial charge is 0.388 e. The number of anilines is 1. The Morgan fingerprint density at radius 3 is 2.49 bits per heavy atom. The van der Waals surface area contributed by atoms with E-state index in [9.17, 15) is 27.6 Å². The summed E-state index contributed by atoms with van der Waals surface area (Å²) >= 11 is 0. The number of Topliss-reactive ketones (excluding diaryl/α,β-unsaturated/α-hetero) is 1. The van der Waals surface area contributed by atoms with Gasteiger partial charge in [0, 0.05) is 36.3 Å². The number of amides is 2. The minimum absolute atomic E-state index is 0.126. The molecule has 230 valence electrons. The van der Waals surface area contributed by atoms with Crippen molar-refractivity contribution in [3.05, 3.63) is 59.8 Å². The summed E-state index contributed by atoms with van der Waals surface area (Å²) in [5, 5.41) is 7.56. The standard InChI is InChI=1S/C31H26F3N7O4/c1-16-5-8-25(45-31(32,33)34)37-28(16)38-29(44)23-12-30(4)10-9-24(30)41(23)26(43)15-40-22-7-6-19(20-13-35-18(3)36-14-20)11-21(22)27(39-40)17(2)42/h5-8,11,13-14,23-24H,12,15H2,1-4H3,(H,37,38,44)/t23-,24+,30+/m0/s1. The Balaban J connectivity index is 1.28. The van der Waals surface area contributed by atoms with Gasteiger partial charge in [-0.1, -0.05) is 24.0 Å². The van der Waals surface area contributed by atoms with Gasteiger partial charge in [-0.2, -0.15) is 10.1 Å². The number of hydrogen-bond donors (Lipinski definition) is 1. The third kappa shape index (κ3) is 5.57. The minimum atomic E-state index is -4.96. The van der Waals surface area contributed by atoms with E-state index in [2.05, 4.69) is 41.9 Å². The zero-order valence-electron chi connectivity index (χ0n) is 24.6. The number of ketones is 1. The summed E-state index contributed by atoms with van der Waals surface area (Å²) in [6, 6.07) is 6.17. The molecule has 2 amide bonds. The molecule has 0 spiro atoms. The Kier molecular flexibility index (Phi) is 7.06. The first-order valence-electron chi connectivity index (χ1n) is 13.9. The van der Waals surface area contributed by atoms with E-state index in [1.165, 1.54) is 22.6 Å². The van der Waals surface area contributed by atoms with E-state index < -0.39 is 41.6 Å². The summed E-state index contributed by atoms with van der Waals surface area (Å²) in [4.78, 5) is 53.6. The number of rotatable bonds is 7. The van der Waals surface area contributed by atoms with Gasteiger partial charge in [-0.05, 0) is 50.5 Å². The maximum atomic E-state index is 13.9. The molecule has 0 saturated carbocycles. The zero-order chi connectivity index (χ0) is 32.3. The number of benzene rings is 1. The van der Waals surface area contributed by atoms with Crippen LogP contribution in [0.5, 0.6) is 5.88 Å². The topological polar surface area (TPSA) is 132 Å². The van der Waals surface area contributed by atoms with E-state index in [-0.39, 0.29) is 30.3 Å². The summed E-state index contributed by atoms with van der Waals surface area (Å²) in [6.45, 7) is 6.28. The van der Waals surface area contributed by atoms with Crippen molar-refractivity contribution in [2.24, 2.45) is 5.41 Å².